The minimum atomic E-state index is 0.539. The Kier molecular flexibility index (Phi) is 4.18. The molecule has 2 aliphatic rings. The van der Waals surface area contributed by atoms with E-state index in [9.17, 15) is 0 Å². The van der Waals surface area contributed by atoms with Crippen LogP contribution in [-0.2, 0) is 10.9 Å². The van der Waals surface area contributed by atoms with Crippen molar-refractivity contribution < 1.29 is 0 Å². The Morgan fingerprint density at radius 2 is 1.52 bits per heavy atom. The molecule has 2 heteroatoms. The molecule has 2 aromatic rings. The molecular weight excluding hydrogens is 292 g/mol. The van der Waals surface area contributed by atoms with Gasteiger partial charge in [-0.1, -0.05) is 18.9 Å². The molecule has 2 aromatic carbocycles. The van der Waals surface area contributed by atoms with E-state index in [1.165, 1.54) is 65.7 Å². The number of hydrogen-bond donors (Lipinski definition) is 0. The summed E-state index contributed by atoms with van der Waals surface area (Å²) < 4.78 is 0. The van der Waals surface area contributed by atoms with Crippen LogP contribution in [0.15, 0.2) is 46.2 Å². The van der Waals surface area contributed by atoms with Gasteiger partial charge in [-0.05, 0) is 60.7 Å². The van der Waals surface area contributed by atoms with Gasteiger partial charge in [0.15, 0.2) is 4.90 Å². The number of rotatable bonds is 3. The van der Waals surface area contributed by atoms with Gasteiger partial charge in [0.2, 0.25) is 0 Å². The maximum atomic E-state index is 2.45. The second-order valence-electron chi connectivity index (χ2n) is 6.30. The van der Waals surface area contributed by atoms with Crippen LogP contribution in [0.4, 0.5) is 0 Å². The molecule has 0 amide bonds. The molecule has 1 aliphatic carbocycles. The summed E-state index contributed by atoms with van der Waals surface area (Å²) in [6, 6.07) is 14.3. The van der Waals surface area contributed by atoms with Gasteiger partial charge in [-0.3, -0.25) is 0 Å². The molecule has 1 saturated heterocycles. The van der Waals surface area contributed by atoms with Crippen LogP contribution in [0, 0.1) is 0 Å². The summed E-state index contributed by atoms with van der Waals surface area (Å²) in [5.74, 6) is 2.84. The van der Waals surface area contributed by atoms with E-state index in [0.29, 0.717) is 10.9 Å². The average Bonchev–Trinajstić information content (AvgIpc) is 3.20. The van der Waals surface area contributed by atoms with Gasteiger partial charge in [-0.2, -0.15) is 0 Å². The van der Waals surface area contributed by atoms with Gasteiger partial charge < -0.3 is 0 Å². The van der Waals surface area contributed by atoms with Gasteiger partial charge in [0.05, 0.1) is 0 Å². The maximum absolute atomic E-state index is 2.45. The van der Waals surface area contributed by atoms with Crippen LogP contribution in [-0.4, -0.2) is 16.8 Å². The minimum absolute atomic E-state index is 0.539. The Bertz CT molecular complexity index is 622. The fraction of sp³-hybridized carbons (Fsp3) is 0.474. The lowest BCUT2D eigenvalue weighted by Gasteiger charge is -2.10. The molecule has 0 unspecified atom stereocenters. The van der Waals surface area contributed by atoms with Crippen molar-refractivity contribution in [3.05, 3.63) is 36.4 Å². The number of benzene rings is 2. The highest BCUT2D eigenvalue weighted by Gasteiger charge is 2.26. The molecule has 110 valence electrons. The van der Waals surface area contributed by atoms with Crippen molar-refractivity contribution in [3.63, 3.8) is 0 Å². The van der Waals surface area contributed by atoms with Gasteiger partial charge in [0.25, 0.3) is 0 Å². The predicted molar refractivity (Wildman–Crippen MR) is 96.7 cm³/mol. The van der Waals surface area contributed by atoms with Gasteiger partial charge in [0.1, 0.15) is 11.5 Å². The topological polar surface area (TPSA) is 0 Å². The zero-order valence-electron chi connectivity index (χ0n) is 12.5. The van der Waals surface area contributed by atoms with Crippen LogP contribution in [0.5, 0.6) is 0 Å². The van der Waals surface area contributed by atoms with E-state index in [4.69, 9.17) is 0 Å². The lowest BCUT2D eigenvalue weighted by molar-refractivity contribution is 0.886. The first-order valence-corrected chi connectivity index (χ1v) is 10.7. The molecule has 0 spiro atoms. The molecule has 0 radical (unpaired) electrons. The van der Waals surface area contributed by atoms with Crippen molar-refractivity contribution in [1.82, 2.24) is 0 Å². The molecule has 0 bridgehead atoms. The van der Waals surface area contributed by atoms with E-state index in [0.717, 1.165) is 5.25 Å². The SMILES string of the molecule is c1cc2cc([S+]3CCCC3)ccc2cc1SC1CCCC1. The smallest absolute Gasteiger partial charge is 0.123 e. The summed E-state index contributed by atoms with van der Waals surface area (Å²) in [7, 11) is 0.539. The summed E-state index contributed by atoms with van der Waals surface area (Å²) >= 11 is 2.10. The lowest BCUT2D eigenvalue weighted by Crippen LogP contribution is -2.03. The van der Waals surface area contributed by atoms with Crippen molar-refractivity contribution in [2.45, 2.75) is 53.6 Å². The summed E-state index contributed by atoms with van der Waals surface area (Å²) in [4.78, 5) is 3.06. The van der Waals surface area contributed by atoms with Crippen LogP contribution in [0.25, 0.3) is 10.8 Å². The molecular formula is C19H23S2+. The summed E-state index contributed by atoms with van der Waals surface area (Å²) in [5.41, 5.74) is 0. The van der Waals surface area contributed by atoms with E-state index < -0.39 is 0 Å². The van der Waals surface area contributed by atoms with Crippen LogP contribution in [0.1, 0.15) is 38.5 Å². The Morgan fingerprint density at radius 3 is 2.33 bits per heavy atom. The van der Waals surface area contributed by atoms with Crippen LogP contribution >= 0.6 is 11.8 Å². The first-order valence-electron chi connectivity index (χ1n) is 8.26. The summed E-state index contributed by atoms with van der Waals surface area (Å²) in [6.07, 6.45) is 8.53. The second-order valence-corrected chi connectivity index (χ2v) is 9.95. The van der Waals surface area contributed by atoms with Gasteiger partial charge in [0, 0.05) is 27.1 Å². The third-order valence-corrected chi connectivity index (χ3v) is 8.57. The number of thioether (sulfide) groups is 1. The van der Waals surface area contributed by atoms with E-state index in [1.54, 1.807) is 4.90 Å². The van der Waals surface area contributed by atoms with Gasteiger partial charge >= 0.3 is 0 Å². The van der Waals surface area contributed by atoms with Crippen LogP contribution in [0.2, 0.25) is 0 Å². The first kappa shape index (κ1) is 14.0. The highest BCUT2D eigenvalue weighted by atomic mass is 32.2. The molecule has 0 N–H and O–H groups in total. The van der Waals surface area contributed by atoms with Gasteiger partial charge in [-0.25, -0.2) is 0 Å². The predicted octanol–water partition coefficient (Wildman–Crippen LogP) is 5.65. The third-order valence-electron chi connectivity index (χ3n) is 4.75. The van der Waals surface area contributed by atoms with E-state index in [2.05, 4.69) is 48.2 Å². The highest BCUT2D eigenvalue weighted by Crippen LogP contribution is 2.36. The van der Waals surface area contributed by atoms with Gasteiger partial charge in [-0.15, -0.1) is 11.8 Å². The monoisotopic (exact) mass is 315 g/mol. The standard InChI is InChI=1S/C19H23S2/c1-2-6-17(5-1)20-18-9-7-16-14-19(10-8-15(16)13-18)21-11-3-4-12-21/h7-10,13-14,17H,1-6,11-12H2/q+1. The molecule has 0 nitrogen and oxygen atoms in total. The fourth-order valence-corrected chi connectivity index (χ4v) is 7.17. The number of hydrogen-bond acceptors (Lipinski definition) is 1. The molecule has 1 heterocycles. The lowest BCUT2D eigenvalue weighted by atomic mass is 10.1. The number of fused-ring (bicyclic) bond motifs is 1. The first-order chi connectivity index (χ1) is 10.4. The molecule has 1 saturated carbocycles. The quantitative estimate of drug-likeness (QED) is 0.660. The van der Waals surface area contributed by atoms with E-state index in [1.807, 2.05) is 0 Å². The van der Waals surface area contributed by atoms with E-state index in [-0.39, 0.29) is 0 Å². The largest absolute Gasteiger partial charge is 0.155 e. The normalized spacial score (nSPS) is 20.6. The molecule has 0 atom stereocenters. The Morgan fingerprint density at radius 1 is 0.810 bits per heavy atom. The van der Waals surface area contributed by atoms with Crippen molar-refractivity contribution >= 4 is 33.4 Å². The zero-order valence-corrected chi connectivity index (χ0v) is 14.1. The Balaban J connectivity index is 1.58. The van der Waals surface area contributed by atoms with Crippen molar-refractivity contribution in [3.8, 4) is 0 Å². The van der Waals surface area contributed by atoms with Crippen molar-refractivity contribution in [2.75, 3.05) is 11.5 Å². The average molecular weight is 316 g/mol. The van der Waals surface area contributed by atoms with Crippen molar-refractivity contribution in [2.24, 2.45) is 0 Å². The third kappa shape index (κ3) is 3.12. The Labute approximate surface area is 135 Å². The minimum Gasteiger partial charge on any atom is -0.123 e. The van der Waals surface area contributed by atoms with Crippen LogP contribution in [0.3, 0.4) is 0 Å². The molecule has 1 aliphatic heterocycles. The molecule has 4 rings (SSSR count). The molecule has 21 heavy (non-hydrogen) atoms. The zero-order chi connectivity index (χ0) is 14.1. The van der Waals surface area contributed by atoms with Crippen molar-refractivity contribution in [1.29, 1.82) is 0 Å². The summed E-state index contributed by atoms with van der Waals surface area (Å²) in [5, 5.41) is 3.72. The molecule has 0 aromatic heterocycles. The maximum Gasteiger partial charge on any atom is 0.155 e. The van der Waals surface area contributed by atoms with E-state index >= 15 is 0 Å². The second kappa shape index (κ2) is 6.26. The molecule has 2 fully saturated rings. The fourth-order valence-electron chi connectivity index (χ4n) is 3.54. The highest BCUT2D eigenvalue weighted by molar-refractivity contribution is 8.00. The Hall–Kier alpha value is -0.600. The van der Waals surface area contributed by atoms with Crippen LogP contribution < -0.4 is 0 Å². The summed E-state index contributed by atoms with van der Waals surface area (Å²) in [6.45, 7) is 0.